The van der Waals surface area contributed by atoms with Gasteiger partial charge >= 0.3 is 0 Å². The third kappa shape index (κ3) is 5.85. The third-order valence-corrected chi connectivity index (χ3v) is 10.1. The summed E-state index contributed by atoms with van der Waals surface area (Å²) in [4.78, 5) is 10.5. The fourth-order valence-corrected chi connectivity index (χ4v) is 7.31. The highest BCUT2D eigenvalue weighted by molar-refractivity contribution is 6.06. The summed E-state index contributed by atoms with van der Waals surface area (Å²) in [6, 6.07) is 68.1. The van der Waals surface area contributed by atoms with Crippen LogP contribution >= 0.6 is 0 Å². The van der Waals surface area contributed by atoms with Crippen LogP contribution in [0.5, 0.6) is 0 Å². The Balaban J connectivity index is 1.16. The minimum absolute atomic E-state index is 0.681. The van der Waals surface area contributed by atoms with E-state index in [2.05, 4.69) is 176 Å². The molecule has 10 aromatic rings. The molecule has 53 heavy (non-hydrogen) atoms. The van der Waals surface area contributed by atoms with E-state index in [0.29, 0.717) is 5.82 Å². The molecule has 0 spiro atoms. The highest BCUT2D eigenvalue weighted by Crippen LogP contribution is 2.37. The Kier molecular flexibility index (Phi) is 7.47. The predicted octanol–water partition coefficient (Wildman–Crippen LogP) is 13.5. The van der Waals surface area contributed by atoms with Gasteiger partial charge in [-0.3, -0.25) is 0 Å². The monoisotopic (exact) mass is 676 g/mol. The normalized spacial score (nSPS) is 11.4. The van der Waals surface area contributed by atoms with Crippen molar-refractivity contribution in [1.82, 2.24) is 9.97 Å². The van der Waals surface area contributed by atoms with E-state index >= 15 is 0 Å². The molecule has 0 aliphatic carbocycles. The van der Waals surface area contributed by atoms with Gasteiger partial charge in [0, 0.05) is 27.5 Å². The molecule has 0 amide bonds. The number of hydrogen-bond donors (Lipinski definition) is 0. The first-order chi connectivity index (χ1) is 26.2. The first-order valence-corrected chi connectivity index (χ1v) is 17.9. The zero-order valence-corrected chi connectivity index (χ0v) is 28.8. The molecule has 10 rings (SSSR count). The molecule has 8 aromatic carbocycles. The van der Waals surface area contributed by atoms with E-state index in [0.717, 1.165) is 77.8 Å². The molecule has 0 N–H and O–H groups in total. The number of rotatable bonds is 6. The van der Waals surface area contributed by atoms with Gasteiger partial charge in [0.25, 0.3) is 0 Å². The molecule has 248 valence electrons. The van der Waals surface area contributed by atoms with Gasteiger partial charge in [-0.2, -0.15) is 0 Å². The highest BCUT2D eigenvalue weighted by atomic mass is 16.3. The number of furan rings is 1. The minimum Gasteiger partial charge on any atom is -0.456 e. The van der Waals surface area contributed by atoms with Crippen molar-refractivity contribution < 1.29 is 4.42 Å². The molecule has 0 saturated heterocycles. The third-order valence-electron chi connectivity index (χ3n) is 10.1. The second-order valence-electron chi connectivity index (χ2n) is 13.4. The fourth-order valence-electron chi connectivity index (χ4n) is 7.31. The molecule has 0 bridgehead atoms. The zero-order valence-electron chi connectivity index (χ0n) is 28.8. The summed E-state index contributed by atoms with van der Waals surface area (Å²) in [7, 11) is 0. The molecule has 0 aliphatic rings. The number of hydrogen-bond acceptors (Lipinski definition) is 3. The van der Waals surface area contributed by atoms with Crippen molar-refractivity contribution in [2.75, 3.05) is 0 Å². The number of benzene rings is 8. The molecule has 2 aromatic heterocycles. The Bertz CT molecular complexity index is 2930. The second kappa shape index (κ2) is 12.9. The minimum atomic E-state index is 0.681. The summed E-state index contributed by atoms with van der Waals surface area (Å²) in [6.45, 7) is 0. The van der Waals surface area contributed by atoms with E-state index in [4.69, 9.17) is 14.4 Å². The molecular weight excluding hydrogens is 645 g/mol. The first-order valence-electron chi connectivity index (χ1n) is 17.9. The molecule has 0 radical (unpaired) electrons. The van der Waals surface area contributed by atoms with Crippen LogP contribution in [0.2, 0.25) is 0 Å². The van der Waals surface area contributed by atoms with Gasteiger partial charge in [0.05, 0.1) is 11.4 Å². The summed E-state index contributed by atoms with van der Waals surface area (Å²) < 4.78 is 6.32. The van der Waals surface area contributed by atoms with E-state index < -0.39 is 0 Å². The van der Waals surface area contributed by atoms with Gasteiger partial charge in [-0.1, -0.05) is 146 Å². The standard InChI is InChI=1S/C50H32N2O/c1-3-11-33(12-4-1)36-19-22-37(23-20-36)50-51-46(40-24-21-35-15-7-8-16-38(35)27-40)32-47(52-50)43-29-41(34-13-5-2-6-14-34)28-42(30-43)39-25-26-45-44-17-9-10-18-48(44)53-49(45)31-39/h1-32H. The average Bonchev–Trinajstić information content (AvgIpc) is 3.62. The summed E-state index contributed by atoms with van der Waals surface area (Å²) in [5.74, 6) is 0.681. The van der Waals surface area contributed by atoms with Crippen molar-refractivity contribution in [3.05, 3.63) is 194 Å². The molecule has 3 nitrogen and oxygen atoms in total. The van der Waals surface area contributed by atoms with Gasteiger partial charge in [0.2, 0.25) is 0 Å². The molecule has 0 atom stereocenters. The average molecular weight is 677 g/mol. The van der Waals surface area contributed by atoms with Crippen LogP contribution in [-0.2, 0) is 0 Å². The zero-order chi connectivity index (χ0) is 35.1. The van der Waals surface area contributed by atoms with Crippen molar-refractivity contribution in [3.63, 3.8) is 0 Å². The van der Waals surface area contributed by atoms with Crippen molar-refractivity contribution >= 4 is 32.7 Å². The molecule has 0 aliphatic heterocycles. The molecule has 3 heteroatoms. The lowest BCUT2D eigenvalue weighted by Gasteiger charge is -2.14. The van der Waals surface area contributed by atoms with Crippen LogP contribution < -0.4 is 0 Å². The maximum Gasteiger partial charge on any atom is 0.160 e. The largest absolute Gasteiger partial charge is 0.456 e. The number of aromatic nitrogens is 2. The van der Waals surface area contributed by atoms with Gasteiger partial charge in [-0.05, 0) is 92.7 Å². The van der Waals surface area contributed by atoms with Crippen LogP contribution in [0.1, 0.15) is 0 Å². The maximum atomic E-state index is 6.32. The van der Waals surface area contributed by atoms with Crippen molar-refractivity contribution in [1.29, 1.82) is 0 Å². The van der Waals surface area contributed by atoms with E-state index in [1.165, 1.54) is 16.3 Å². The van der Waals surface area contributed by atoms with E-state index in [1.807, 2.05) is 18.2 Å². The Morgan fingerprint density at radius 3 is 1.58 bits per heavy atom. The summed E-state index contributed by atoms with van der Waals surface area (Å²) in [5.41, 5.74) is 13.3. The molecular formula is C50H32N2O. The van der Waals surface area contributed by atoms with Crippen LogP contribution in [0.15, 0.2) is 199 Å². The lowest BCUT2D eigenvalue weighted by atomic mass is 9.94. The number of para-hydroxylation sites is 1. The van der Waals surface area contributed by atoms with Crippen LogP contribution in [0.4, 0.5) is 0 Å². The summed E-state index contributed by atoms with van der Waals surface area (Å²) in [6.07, 6.45) is 0. The fraction of sp³-hybridized carbons (Fsp3) is 0. The lowest BCUT2D eigenvalue weighted by Crippen LogP contribution is -1.97. The number of fused-ring (bicyclic) bond motifs is 4. The van der Waals surface area contributed by atoms with Gasteiger partial charge in [-0.15, -0.1) is 0 Å². The Morgan fingerprint density at radius 2 is 0.811 bits per heavy atom. The van der Waals surface area contributed by atoms with Gasteiger partial charge < -0.3 is 4.42 Å². The van der Waals surface area contributed by atoms with Gasteiger partial charge in [0.1, 0.15) is 11.2 Å². The Morgan fingerprint density at radius 1 is 0.283 bits per heavy atom. The smallest absolute Gasteiger partial charge is 0.160 e. The van der Waals surface area contributed by atoms with Crippen molar-refractivity contribution in [2.45, 2.75) is 0 Å². The molecule has 0 fully saturated rings. The summed E-state index contributed by atoms with van der Waals surface area (Å²) in [5, 5.41) is 4.61. The Labute approximate surface area is 307 Å². The van der Waals surface area contributed by atoms with Gasteiger partial charge in [-0.25, -0.2) is 9.97 Å². The van der Waals surface area contributed by atoms with E-state index in [1.54, 1.807) is 0 Å². The SMILES string of the molecule is c1ccc(-c2ccc(-c3nc(-c4cc(-c5ccccc5)cc(-c5ccc6c(c5)oc5ccccc56)c4)cc(-c4ccc5ccccc5c4)n3)cc2)cc1. The molecule has 0 unspecified atom stereocenters. The predicted molar refractivity (Wildman–Crippen MR) is 219 cm³/mol. The maximum absolute atomic E-state index is 6.32. The molecule has 2 heterocycles. The topological polar surface area (TPSA) is 38.9 Å². The van der Waals surface area contributed by atoms with Crippen molar-refractivity contribution in [2.24, 2.45) is 0 Å². The van der Waals surface area contributed by atoms with Crippen LogP contribution in [0, 0.1) is 0 Å². The lowest BCUT2D eigenvalue weighted by molar-refractivity contribution is 0.669. The van der Waals surface area contributed by atoms with E-state index in [-0.39, 0.29) is 0 Å². The van der Waals surface area contributed by atoms with Crippen LogP contribution in [0.3, 0.4) is 0 Å². The van der Waals surface area contributed by atoms with Crippen LogP contribution in [0.25, 0.3) is 100.0 Å². The molecule has 0 saturated carbocycles. The first kappa shape index (κ1) is 30.7. The highest BCUT2D eigenvalue weighted by Gasteiger charge is 2.15. The quantitative estimate of drug-likeness (QED) is 0.176. The van der Waals surface area contributed by atoms with Gasteiger partial charge in [0.15, 0.2) is 5.82 Å². The second-order valence-corrected chi connectivity index (χ2v) is 13.4. The Hall–Kier alpha value is -7.10. The van der Waals surface area contributed by atoms with E-state index in [9.17, 15) is 0 Å². The van der Waals surface area contributed by atoms with Crippen molar-refractivity contribution in [3.8, 4) is 67.3 Å². The van der Waals surface area contributed by atoms with Crippen LogP contribution in [-0.4, -0.2) is 9.97 Å². The summed E-state index contributed by atoms with van der Waals surface area (Å²) >= 11 is 0. The number of nitrogens with zero attached hydrogens (tertiary/aromatic N) is 2.